The van der Waals surface area contributed by atoms with Gasteiger partial charge in [0.1, 0.15) is 11.5 Å². The van der Waals surface area contributed by atoms with Gasteiger partial charge in [0, 0.05) is 16.7 Å². The topological polar surface area (TPSA) is 57.5 Å². The first-order valence-electron chi connectivity index (χ1n) is 8.82. The third-order valence-electron chi connectivity index (χ3n) is 4.25. The standard InChI is InChI=1S/C23H26O3/c1-16(2)8-7-9-17(3)12-13-20-21(24)14-19(15-22(20)25)23(26)18-10-5-4-6-11-18/h4-6,8,10-12,14-15,24-25H,7,9,13H2,1-3H3/b17-12+. The van der Waals surface area contributed by atoms with Gasteiger partial charge in [0.2, 0.25) is 0 Å². The van der Waals surface area contributed by atoms with Crippen molar-refractivity contribution in [1.29, 1.82) is 0 Å². The second-order valence-corrected chi connectivity index (χ2v) is 6.76. The quantitative estimate of drug-likeness (QED) is 0.507. The number of carbonyl (C=O) groups excluding carboxylic acids is 1. The van der Waals surface area contributed by atoms with E-state index in [1.165, 1.54) is 23.3 Å². The van der Waals surface area contributed by atoms with E-state index in [1.807, 2.05) is 19.1 Å². The van der Waals surface area contributed by atoms with Crippen LogP contribution in [0.25, 0.3) is 0 Å². The van der Waals surface area contributed by atoms with Crippen molar-refractivity contribution in [2.75, 3.05) is 0 Å². The van der Waals surface area contributed by atoms with Gasteiger partial charge in [-0.25, -0.2) is 0 Å². The van der Waals surface area contributed by atoms with Gasteiger partial charge in [-0.15, -0.1) is 0 Å². The summed E-state index contributed by atoms with van der Waals surface area (Å²) in [6.07, 6.45) is 6.55. The zero-order valence-corrected chi connectivity index (χ0v) is 15.6. The number of hydrogen-bond acceptors (Lipinski definition) is 3. The van der Waals surface area contributed by atoms with Crippen LogP contribution in [0.2, 0.25) is 0 Å². The normalized spacial score (nSPS) is 11.3. The molecule has 0 aliphatic rings. The van der Waals surface area contributed by atoms with Crippen molar-refractivity contribution < 1.29 is 15.0 Å². The summed E-state index contributed by atoms with van der Waals surface area (Å²) in [5.41, 5.74) is 3.74. The SMILES string of the molecule is CC(C)=CCC/C(C)=C/Cc1c(O)cc(C(=O)c2ccccc2)cc1O. The molecule has 0 saturated carbocycles. The Balaban J connectivity index is 2.14. The number of aromatic hydroxyl groups is 2. The zero-order valence-electron chi connectivity index (χ0n) is 15.6. The largest absolute Gasteiger partial charge is 0.507 e. The molecule has 0 bridgehead atoms. The Bertz CT molecular complexity index is 803. The molecule has 0 saturated heterocycles. The molecule has 0 unspecified atom stereocenters. The summed E-state index contributed by atoms with van der Waals surface area (Å²) < 4.78 is 0. The lowest BCUT2D eigenvalue weighted by atomic mass is 9.98. The van der Waals surface area contributed by atoms with Gasteiger partial charge in [-0.1, -0.05) is 53.6 Å². The number of phenolic OH excluding ortho intramolecular Hbond substituents is 2. The molecule has 0 aromatic heterocycles. The first-order valence-corrected chi connectivity index (χ1v) is 8.82. The van der Waals surface area contributed by atoms with Crippen molar-refractivity contribution in [2.45, 2.75) is 40.0 Å². The Morgan fingerprint density at radius 2 is 1.54 bits per heavy atom. The molecule has 0 radical (unpaired) electrons. The zero-order chi connectivity index (χ0) is 19.1. The summed E-state index contributed by atoms with van der Waals surface area (Å²) in [6.45, 7) is 6.20. The summed E-state index contributed by atoms with van der Waals surface area (Å²) >= 11 is 0. The van der Waals surface area contributed by atoms with E-state index in [9.17, 15) is 15.0 Å². The monoisotopic (exact) mass is 350 g/mol. The summed E-state index contributed by atoms with van der Waals surface area (Å²) in [6, 6.07) is 11.7. The summed E-state index contributed by atoms with van der Waals surface area (Å²) in [4.78, 5) is 12.5. The van der Waals surface area contributed by atoms with Crippen LogP contribution >= 0.6 is 0 Å². The molecule has 0 aliphatic carbocycles. The number of carbonyl (C=O) groups is 1. The van der Waals surface area contributed by atoms with Crippen LogP contribution in [-0.2, 0) is 6.42 Å². The van der Waals surface area contributed by atoms with Gasteiger partial charge >= 0.3 is 0 Å². The minimum absolute atomic E-state index is 0.0578. The molecule has 2 N–H and O–H groups in total. The maximum atomic E-state index is 12.5. The number of benzene rings is 2. The number of rotatable bonds is 7. The van der Waals surface area contributed by atoms with Crippen LogP contribution in [0.3, 0.4) is 0 Å². The molecule has 0 spiro atoms. The van der Waals surface area contributed by atoms with Crippen molar-refractivity contribution in [1.82, 2.24) is 0 Å². The lowest BCUT2D eigenvalue weighted by molar-refractivity contribution is 0.103. The molecule has 0 fully saturated rings. The van der Waals surface area contributed by atoms with E-state index >= 15 is 0 Å². The van der Waals surface area contributed by atoms with Crippen molar-refractivity contribution in [3.05, 3.63) is 82.5 Å². The lowest BCUT2D eigenvalue weighted by Crippen LogP contribution is -2.01. The fourth-order valence-corrected chi connectivity index (χ4v) is 2.70. The molecule has 26 heavy (non-hydrogen) atoms. The average Bonchev–Trinajstić information content (AvgIpc) is 2.60. The van der Waals surface area contributed by atoms with E-state index in [0.717, 1.165) is 12.8 Å². The molecule has 3 nitrogen and oxygen atoms in total. The second kappa shape index (κ2) is 9.04. The highest BCUT2D eigenvalue weighted by atomic mass is 16.3. The van der Waals surface area contributed by atoms with Crippen LogP contribution in [0.1, 0.15) is 55.1 Å². The van der Waals surface area contributed by atoms with Crippen molar-refractivity contribution in [3.8, 4) is 11.5 Å². The highest BCUT2D eigenvalue weighted by molar-refractivity contribution is 6.09. The number of allylic oxidation sites excluding steroid dienone is 4. The van der Waals surface area contributed by atoms with E-state index in [1.54, 1.807) is 24.3 Å². The molecule has 136 valence electrons. The van der Waals surface area contributed by atoms with E-state index in [-0.39, 0.29) is 22.8 Å². The summed E-state index contributed by atoms with van der Waals surface area (Å²) in [5.74, 6) is -0.341. The third kappa shape index (κ3) is 5.35. The summed E-state index contributed by atoms with van der Waals surface area (Å²) in [5, 5.41) is 20.6. The molecule has 2 aromatic rings. The predicted octanol–water partition coefficient (Wildman–Crippen LogP) is 5.56. The van der Waals surface area contributed by atoms with E-state index in [4.69, 9.17) is 0 Å². The van der Waals surface area contributed by atoms with Gasteiger partial charge in [-0.2, -0.15) is 0 Å². The van der Waals surface area contributed by atoms with Gasteiger partial charge in [-0.3, -0.25) is 4.79 Å². The summed E-state index contributed by atoms with van der Waals surface area (Å²) in [7, 11) is 0. The molecule has 0 amide bonds. The van der Waals surface area contributed by atoms with Crippen LogP contribution in [0.5, 0.6) is 11.5 Å². The Morgan fingerprint density at radius 3 is 2.12 bits per heavy atom. The second-order valence-electron chi connectivity index (χ2n) is 6.76. The van der Waals surface area contributed by atoms with Gasteiger partial charge in [-0.05, 0) is 52.2 Å². The molecular formula is C23H26O3. The van der Waals surface area contributed by atoms with Crippen LogP contribution in [-0.4, -0.2) is 16.0 Å². The predicted molar refractivity (Wildman–Crippen MR) is 106 cm³/mol. The van der Waals surface area contributed by atoms with Gasteiger partial charge < -0.3 is 10.2 Å². The Morgan fingerprint density at radius 1 is 0.923 bits per heavy atom. The smallest absolute Gasteiger partial charge is 0.193 e. The van der Waals surface area contributed by atoms with Gasteiger partial charge in [0.15, 0.2) is 5.78 Å². The Kier molecular flexibility index (Phi) is 6.79. The van der Waals surface area contributed by atoms with E-state index < -0.39 is 0 Å². The maximum absolute atomic E-state index is 12.5. The van der Waals surface area contributed by atoms with Crippen molar-refractivity contribution >= 4 is 5.78 Å². The van der Waals surface area contributed by atoms with Crippen LogP contribution in [0.15, 0.2) is 65.8 Å². The fourth-order valence-electron chi connectivity index (χ4n) is 2.70. The lowest BCUT2D eigenvalue weighted by Gasteiger charge is -2.09. The van der Waals surface area contributed by atoms with Crippen LogP contribution < -0.4 is 0 Å². The Labute approximate surface area is 155 Å². The molecular weight excluding hydrogens is 324 g/mol. The first-order chi connectivity index (χ1) is 12.4. The Hall–Kier alpha value is -2.81. The highest BCUT2D eigenvalue weighted by Crippen LogP contribution is 2.31. The first kappa shape index (κ1) is 19.5. The van der Waals surface area contributed by atoms with Crippen LogP contribution in [0, 0.1) is 0 Å². The number of phenols is 2. The molecule has 2 rings (SSSR count). The van der Waals surface area contributed by atoms with E-state index in [0.29, 0.717) is 17.5 Å². The van der Waals surface area contributed by atoms with Gasteiger partial charge in [0.05, 0.1) is 0 Å². The highest BCUT2D eigenvalue weighted by Gasteiger charge is 2.15. The minimum atomic E-state index is -0.226. The third-order valence-corrected chi connectivity index (χ3v) is 4.25. The molecule has 3 heteroatoms. The molecule has 0 aliphatic heterocycles. The molecule has 2 aromatic carbocycles. The molecule has 0 atom stereocenters. The number of hydrogen-bond donors (Lipinski definition) is 2. The maximum Gasteiger partial charge on any atom is 0.193 e. The van der Waals surface area contributed by atoms with Crippen LogP contribution in [0.4, 0.5) is 0 Å². The van der Waals surface area contributed by atoms with E-state index in [2.05, 4.69) is 19.9 Å². The fraction of sp³-hybridized carbons (Fsp3) is 0.261. The van der Waals surface area contributed by atoms with Crippen molar-refractivity contribution in [2.24, 2.45) is 0 Å². The minimum Gasteiger partial charge on any atom is -0.507 e. The number of ketones is 1. The van der Waals surface area contributed by atoms with Gasteiger partial charge in [0.25, 0.3) is 0 Å². The molecule has 0 heterocycles. The van der Waals surface area contributed by atoms with Crippen molar-refractivity contribution in [3.63, 3.8) is 0 Å². The average molecular weight is 350 g/mol.